The van der Waals surface area contributed by atoms with Gasteiger partial charge in [0.2, 0.25) is 0 Å². The number of allylic oxidation sites excluding steroid dienone is 4. The SMILES string of the molecule is CCCCCCC/C=C\C/C=C\CCCCCCCCCCCCCC(=O)OC(COC(=O)CCCCCCCCCCCCCC)COC(OCC[N+](C)(C)C)C(=O)O. The summed E-state index contributed by atoms with van der Waals surface area (Å²) in [6.07, 6.45) is 45.2. The highest BCUT2D eigenvalue weighted by Crippen LogP contribution is 2.15. The minimum Gasteiger partial charge on any atom is -0.477 e. The molecular formula is C51H96NO8+. The fourth-order valence-corrected chi connectivity index (χ4v) is 7.04. The Hall–Kier alpha value is -2.23. The summed E-state index contributed by atoms with van der Waals surface area (Å²) in [6, 6.07) is 0. The van der Waals surface area contributed by atoms with Gasteiger partial charge in [-0.3, -0.25) is 9.59 Å². The second kappa shape index (κ2) is 43.4. The van der Waals surface area contributed by atoms with Crippen molar-refractivity contribution in [1.82, 2.24) is 0 Å². The predicted molar refractivity (Wildman–Crippen MR) is 249 cm³/mol. The van der Waals surface area contributed by atoms with Crippen LogP contribution in [0.25, 0.3) is 0 Å². The number of likely N-dealkylation sites (N-methyl/N-ethyl adjacent to an activating group) is 1. The smallest absolute Gasteiger partial charge is 0.361 e. The molecule has 0 aliphatic rings. The van der Waals surface area contributed by atoms with Gasteiger partial charge in [-0.05, 0) is 44.9 Å². The molecule has 0 radical (unpaired) electrons. The lowest BCUT2D eigenvalue weighted by Crippen LogP contribution is -2.40. The molecule has 0 aromatic carbocycles. The average Bonchev–Trinajstić information content (AvgIpc) is 3.21. The molecular weight excluding hydrogens is 755 g/mol. The van der Waals surface area contributed by atoms with Crippen LogP contribution in [0.4, 0.5) is 0 Å². The van der Waals surface area contributed by atoms with Gasteiger partial charge in [0.1, 0.15) is 13.2 Å². The topological polar surface area (TPSA) is 108 Å². The molecule has 0 aliphatic carbocycles. The lowest BCUT2D eigenvalue weighted by atomic mass is 10.0. The van der Waals surface area contributed by atoms with Gasteiger partial charge in [-0.25, -0.2) is 4.79 Å². The van der Waals surface area contributed by atoms with Crippen molar-refractivity contribution in [2.45, 2.75) is 238 Å². The van der Waals surface area contributed by atoms with Crippen LogP contribution in [0.5, 0.6) is 0 Å². The molecule has 0 aromatic rings. The minimum absolute atomic E-state index is 0.178. The molecule has 0 aromatic heterocycles. The zero-order valence-electron chi connectivity index (χ0n) is 39.9. The number of carboxylic acid groups (broad SMARTS) is 1. The monoisotopic (exact) mass is 851 g/mol. The summed E-state index contributed by atoms with van der Waals surface area (Å²) in [5, 5.41) is 9.65. The van der Waals surface area contributed by atoms with Gasteiger partial charge in [-0.15, -0.1) is 0 Å². The van der Waals surface area contributed by atoms with E-state index >= 15 is 0 Å². The number of hydrogen-bond acceptors (Lipinski definition) is 7. The first-order valence-electron chi connectivity index (χ1n) is 25.0. The van der Waals surface area contributed by atoms with Crippen molar-refractivity contribution < 1.29 is 42.9 Å². The van der Waals surface area contributed by atoms with E-state index in [1.807, 2.05) is 21.1 Å². The molecule has 9 heteroatoms. The number of aliphatic carboxylic acids is 1. The molecule has 1 N–H and O–H groups in total. The van der Waals surface area contributed by atoms with Crippen molar-refractivity contribution in [3.63, 3.8) is 0 Å². The van der Waals surface area contributed by atoms with Crippen molar-refractivity contribution in [3.05, 3.63) is 24.3 Å². The number of rotatable bonds is 46. The normalized spacial score (nSPS) is 13.0. The Labute approximate surface area is 369 Å². The molecule has 0 rings (SSSR count). The highest BCUT2D eigenvalue weighted by Gasteiger charge is 2.25. The first-order valence-corrected chi connectivity index (χ1v) is 25.0. The highest BCUT2D eigenvalue weighted by atomic mass is 16.7. The lowest BCUT2D eigenvalue weighted by Gasteiger charge is -2.25. The molecule has 2 atom stereocenters. The van der Waals surface area contributed by atoms with E-state index in [1.165, 1.54) is 154 Å². The second-order valence-corrected chi connectivity index (χ2v) is 18.1. The van der Waals surface area contributed by atoms with Crippen LogP contribution in [0.2, 0.25) is 0 Å². The van der Waals surface area contributed by atoms with Gasteiger partial charge >= 0.3 is 17.9 Å². The fourth-order valence-electron chi connectivity index (χ4n) is 7.04. The number of carbonyl (C=O) groups excluding carboxylic acids is 2. The van der Waals surface area contributed by atoms with Crippen molar-refractivity contribution in [2.75, 3.05) is 47.5 Å². The van der Waals surface area contributed by atoms with E-state index in [1.54, 1.807) is 0 Å². The summed E-state index contributed by atoms with van der Waals surface area (Å²) in [5.74, 6) is -2.00. The molecule has 0 bridgehead atoms. The van der Waals surface area contributed by atoms with Crippen LogP contribution in [0, 0.1) is 0 Å². The third-order valence-electron chi connectivity index (χ3n) is 11.0. The summed E-state index contributed by atoms with van der Waals surface area (Å²) < 4.78 is 22.8. The standard InChI is InChI=1S/C51H95NO8/c1-6-8-10-12-14-16-18-20-21-22-23-24-25-26-27-28-29-30-32-34-36-38-40-42-49(54)60-47(46-59-51(50(55)56)57-44-43-52(3,4)5)45-58-48(53)41-39-37-35-33-31-19-17-15-13-11-9-7-2/h18,20,22-23,47,51H,6-17,19,21,24-46H2,1-5H3/p+1/b20-18-,23-22-. The number of unbranched alkanes of at least 4 members (excludes halogenated alkanes) is 27. The van der Waals surface area contributed by atoms with E-state index in [2.05, 4.69) is 38.2 Å². The van der Waals surface area contributed by atoms with Gasteiger partial charge in [0.05, 0.1) is 34.4 Å². The molecule has 0 heterocycles. The summed E-state index contributed by atoms with van der Waals surface area (Å²) in [4.78, 5) is 37.2. The molecule has 0 aliphatic heterocycles. The van der Waals surface area contributed by atoms with Crippen LogP contribution in [-0.2, 0) is 33.3 Å². The van der Waals surface area contributed by atoms with Crippen LogP contribution in [0.15, 0.2) is 24.3 Å². The third kappa shape index (κ3) is 43.8. The number of ether oxygens (including phenoxy) is 4. The molecule has 0 amide bonds. The van der Waals surface area contributed by atoms with Gasteiger partial charge in [-0.1, -0.05) is 192 Å². The summed E-state index contributed by atoms with van der Waals surface area (Å²) in [5.41, 5.74) is 0. The van der Waals surface area contributed by atoms with E-state index in [0.717, 1.165) is 44.9 Å². The van der Waals surface area contributed by atoms with Crippen LogP contribution in [-0.4, -0.2) is 87.4 Å². The molecule has 352 valence electrons. The Bertz CT molecular complexity index is 1040. The Morgan fingerprint density at radius 3 is 1.32 bits per heavy atom. The fraction of sp³-hybridized carbons (Fsp3) is 0.863. The highest BCUT2D eigenvalue weighted by molar-refractivity contribution is 5.71. The van der Waals surface area contributed by atoms with Crippen LogP contribution >= 0.6 is 0 Å². The molecule has 0 saturated heterocycles. The number of hydrogen-bond donors (Lipinski definition) is 1. The molecule has 9 nitrogen and oxygen atoms in total. The minimum atomic E-state index is -1.51. The number of carboxylic acids is 1. The molecule has 0 saturated carbocycles. The van der Waals surface area contributed by atoms with Crippen molar-refractivity contribution in [3.8, 4) is 0 Å². The zero-order chi connectivity index (χ0) is 44.2. The van der Waals surface area contributed by atoms with Crippen molar-refractivity contribution >= 4 is 17.9 Å². The first-order chi connectivity index (χ1) is 29.1. The van der Waals surface area contributed by atoms with Gasteiger partial charge in [-0.2, -0.15) is 0 Å². The predicted octanol–water partition coefficient (Wildman–Crippen LogP) is 13.6. The third-order valence-corrected chi connectivity index (χ3v) is 11.0. The molecule has 0 fully saturated rings. The quantitative estimate of drug-likeness (QED) is 0.0212. The van der Waals surface area contributed by atoms with Crippen LogP contribution in [0.3, 0.4) is 0 Å². The zero-order valence-corrected chi connectivity index (χ0v) is 39.9. The maximum absolute atomic E-state index is 12.8. The summed E-state index contributed by atoms with van der Waals surface area (Å²) in [7, 11) is 5.96. The maximum atomic E-state index is 12.8. The second-order valence-electron chi connectivity index (χ2n) is 18.1. The number of esters is 2. The summed E-state index contributed by atoms with van der Waals surface area (Å²) >= 11 is 0. The van der Waals surface area contributed by atoms with E-state index in [9.17, 15) is 19.5 Å². The molecule has 2 unspecified atom stereocenters. The number of quaternary nitrogens is 1. The number of carbonyl (C=O) groups is 3. The maximum Gasteiger partial charge on any atom is 0.361 e. The van der Waals surface area contributed by atoms with Crippen molar-refractivity contribution in [2.24, 2.45) is 0 Å². The van der Waals surface area contributed by atoms with E-state index in [-0.39, 0.29) is 32.2 Å². The molecule has 60 heavy (non-hydrogen) atoms. The average molecular weight is 851 g/mol. The molecule has 0 spiro atoms. The van der Waals surface area contributed by atoms with Gasteiger partial charge in [0, 0.05) is 12.8 Å². The van der Waals surface area contributed by atoms with Gasteiger partial charge in [0.25, 0.3) is 6.29 Å². The number of nitrogens with zero attached hydrogens (tertiary/aromatic N) is 1. The summed E-state index contributed by atoms with van der Waals surface area (Å²) in [6.45, 7) is 4.88. The Morgan fingerprint density at radius 1 is 0.500 bits per heavy atom. The lowest BCUT2D eigenvalue weighted by molar-refractivity contribution is -0.870. The van der Waals surface area contributed by atoms with E-state index in [0.29, 0.717) is 17.4 Å². The Morgan fingerprint density at radius 2 is 0.900 bits per heavy atom. The Kier molecular flexibility index (Phi) is 41.8. The van der Waals surface area contributed by atoms with Gasteiger partial charge < -0.3 is 28.5 Å². The van der Waals surface area contributed by atoms with Crippen LogP contribution < -0.4 is 0 Å². The Balaban J connectivity index is 4.28. The van der Waals surface area contributed by atoms with E-state index < -0.39 is 24.3 Å². The van der Waals surface area contributed by atoms with E-state index in [4.69, 9.17) is 18.9 Å². The van der Waals surface area contributed by atoms with Crippen LogP contribution in [0.1, 0.15) is 226 Å². The largest absolute Gasteiger partial charge is 0.477 e. The first kappa shape index (κ1) is 57.8. The van der Waals surface area contributed by atoms with Gasteiger partial charge in [0.15, 0.2) is 6.10 Å². The van der Waals surface area contributed by atoms with Crippen molar-refractivity contribution in [1.29, 1.82) is 0 Å².